The van der Waals surface area contributed by atoms with Gasteiger partial charge in [0.05, 0.1) is 44.5 Å². The highest BCUT2D eigenvalue weighted by Crippen LogP contribution is 2.36. The van der Waals surface area contributed by atoms with Gasteiger partial charge in [-0.25, -0.2) is 13.8 Å². The third-order valence-corrected chi connectivity index (χ3v) is 4.56. The molecule has 164 valence electrons. The van der Waals surface area contributed by atoms with Gasteiger partial charge in [0.15, 0.2) is 6.17 Å². The van der Waals surface area contributed by atoms with Gasteiger partial charge < -0.3 is 24.6 Å². The number of methoxy groups -OCH3 is 2. The first-order chi connectivity index (χ1) is 14.9. The first-order valence-electron chi connectivity index (χ1n) is 9.27. The Kier molecular flexibility index (Phi) is 7.35. The Bertz CT molecular complexity index is 993. The number of pyridine rings is 1. The Balaban J connectivity index is 1.95. The van der Waals surface area contributed by atoms with Crippen molar-refractivity contribution < 1.29 is 28.2 Å². The normalized spacial score (nSPS) is 18.8. The SMILES string of the molecule is CO/C=C(\C1=CC(F)C(OCc2ccccc2)C(N([O-])O)=C1)c1cc(F)cnc1OC. The number of hydroxylamine groups is 2. The molecule has 0 radical (unpaired) electrons. The van der Waals surface area contributed by atoms with E-state index < -0.39 is 23.3 Å². The van der Waals surface area contributed by atoms with Gasteiger partial charge in [0.25, 0.3) is 0 Å². The minimum Gasteiger partial charge on any atom is -0.734 e. The van der Waals surface area contributed by atoms with E-state index >= 15 is 4.39 Å². The first-order valence-corrected chi connectivity index (χ1v) is 9.27. The van der Waals surface area contributed by atoms with Crippen LogP contribution in [0.3, 0.4) is 0 Å². The molecule has 1 aromatic carbocycles. The molecule has 9 heteroatoms. The molecule has 3 rings (SSSR count). The highest BCUT2D eigenvalue weighted by atomic mass is 19.1. The van der Waals surface area contributed by atoms with Gasteiger partial charge in [0.1, 0.15) is 11.9 Å². The van der Waals surface area contributed by atoms with Crippen LogP contribution in [0.1, 0.15) is 11.1 Å². The van der Waals surface area contributed by atoms with Crippen LogP contribution in [0, 0.1) is 11.0 Å². The lowest BCUT2D eigenvalue weighted by atomic mass is 9.91. The third kappa shape index (κ3) is 5.26. The van der Waals surface area contributed by atoms with E-state index in [1.807, 2.05) is 6.07 Å². The minimum absolute atomic E-state index is 0.0304. The second-order valence-corrected chi connectivity index (χ2v) is 6.60. The lowest BCUT2D eigenvalue weighted by molar-refractivity contribution is -0.0615. The molecule has 0 bridgehead atoms. The standard InChI is InChI=1S/C22H21F2N2O5/c1-29-13-18(17-10-16(23)11-25-22(17)30-2)15-8-19(24)21(20(9-15)26(27)28)31-12-14-6-4-3-5-7-14/h3-11,13,19,21,27H,12H2,1-2H3/q-1/b18-13+. The molecule has 0 amide bonds. The van der Waals surface area contributed by atoms with Gasteiger partial charge in [0.2, 0.25) is 5.88 Å². The van der Waals surface area contributed by atoms with Crippen molar-refractivity contribution in [3.05, 3.63) is 94.4 Å². The molecule has 31 heavy (non-hydrogen) atoms. The van der Waals surface area contributed by atoms with Crippen LogP contribution in [0.5, 0.6) is 5.88 Å². The summed E-state index contributed by atoms with van der Waals surface area (Å²) in [5.41, 5.74) is 0.956. The lowest BCUT2D eigenvalue weighted by Gasteiger charge is -2.35. The topological polar surface area (TPSA) is 87.1 Å². The highest BCUT2D eigenvalue weighted by molar-refractivity contribution is 5.84. The van der Waals surface area contributed by atoms with E-state index in [1.165, 1.54) is 32.6 Å². The number of rotatable bonds is 8. The summed E-state index contributed by atoms with van der Waals surface area (Å²) in [6.07, 6.45) is 1.52. The number of alkyl halides is 1. The molecule has 0 spiro atoms. The van der Waals surface area contributed by atoms with Gasteiger partial charge in [-0.1, -0.05) is 30.3 Å². The van der Waals surface area contributed by atoms with Crippen molar-refractivity contribution in [1.29, 1.82) is 0 Å². The number of hydrogen-bond donors (Lipinski definition) is 1. The number of hydrogen-bond acceptors (Lipinski definition) is 7. The molecule has 0 aliphatic heterocycles. The van der Waals surface area contributed by atoms with E-state index in [4.69, 9.17) is 14.2 Å². The average Bonchev–Trinajstić information content (AvgIpc) is 2.76. The van der Waals surface area contributed by atoms with E-state index in [1.54, 1.807) is 24.3 Å². The van der Waals surface area contributed by atoms with Crippen LogP contribution in [0.25, 0.3) is 5.57 Å². The van der Waals surface area contributed by atoms with Crippen LogP contribution in [-0.4, -0.2) is 41.9 Å². The number of ether oxygens (including phenoxy) is 3. The van der Waals surface area contributed by atoms with Crippen molar-refractivity contribution in [3.8, 4) is 5.88 Å². The maximum atomic E-state index is 15.1. The van der Waals surface area contributed by atoms with E-state index in [-0.39, 0.29) is 34.9 Å². The molecule has 1 aromatic heterocycles. The second kappa shape index (κ2) is 10.2. The van der Waals surface area contributed by atoms with E-state index in [2.05, 4.69) is 4.98 Å². The zero-order valence-electron chi connectivity index (χ0n) is 16.9. The Morgan fingerprint density at radius 1 is 1.29 bits per heavy atom. The van der Waals surface area contributed by atoms with Gasteiger partial charge in [-0.05, 0) is 29.4 Å². The van der Waals surface area contributed by atoms with Gasteiger partial charge in [0, 0.05) is 5.57 Å². The van der Waals surface area contributed by atoms with Gasteiger partial charge >= 0.3 is 0 Å². The minimum atomic E-state index is -1.78. The van der Waals surface area contributed by atoms with Crippen LogP contribution in [0.15, 0.2) is 72.3 Å². The molecule has 0 saturated heterocycles. The molecule has 7 nitrogen and oxygen atoms in total. The summed E-state index contributed by atoms with van der Waals surface area (Å²) < 4.78 is 44.7. The molecule has 2 unspecified atom stereocenters. The van der Waals surface area contributed by atoms with E-state index in [0.29, 0.717) is 0 Å². The predicted octanol–water partition coefficient (Wildman–Crippen LogP) is 4.15. The summed E-state index contributed by atoms with van der Waals surface area (Å²) in [5.74, 6) is -0.576. The molecule has 2 aromatic rings. The van der Waals surface area contributed by atoms with Gasteiger partial charge in [-0.3, -0.25) is 5.21 Å². The molecule has 0 saturated carbocycles. The molecular weight excluding hydrogens is 410 g/mol. The number of halogens is 2. The molecule has 1 aliphatic rings. The predicted molar refractivity (Wildman–Crippen MR) is 109 cm³/mol. The second-order valence-electron chi connectivity index (χ2n) is 6.60. The average molecular weight is 431 g/mol. The monoisotopic (exact) mass is 431 g/mol. The maximum absolute atomic E-state index is 15.1. The zero-order chi connectivity index (χ0) is 22.4. The van der Waals surface area contributed by atoms with E-state index in [0.717, 1.165) is 17.8 Å². The fourth-order valence-corrected chi connectivity index (χ4v) is 3.17. The van der Waals surface area contributed by atoms with Crippen molar-refractivity contribution in [2.45, 2.75) is 18.9 Å². The van der Waals surface area contributed by atoms with Crippen molar-refractivity contribution in [1.82, 2.24) is 10.2 Å². The zero-order valence-corrected chi connectivity index (χ0v) is 16.9. The van der Waals surface area contributed by atoms with Gasteiger partial charge in [-0.15, -0.1) is 0 Å². The maximum Gasteiger partial charge on any atom is 0.221 e. The summed E-state index contributed by atoms with van der Waals surface area (Å²) in [6, 6.07) is 10.2. The van der Waals surface area contributed by atoms with Crippen molar-refractivity contribution in [2.75, 3.05) is 14.2 Å². The molecule has 1 N–H and O–H groups in total. The number of benzene rings is 1. The van der Waals surface area contributed by atoms with Crippen LogP contribution in [0.2, 0.25) is 0 Å². The van der Waals surface area contributed by atoms with Crippen LogP contribution in [-0.2, 0) is 16.1 Å². The molecule has 1 heterocycles. The number of aromatic nitrogens is 1. The summed E-state index contributed by atoms with van der Waals surface area (Å²) in [5, 5.41) is 20.9. The Labute approximate surface area is 178 Å². The fourth-order valence-electron chi connectivity index (χ4n) is 3.17. The molecule has 0 fully saturated rings. The van der Waals surface area contributed by atoms with Gasteiger partial charge in [-0.2, -0.15) is 0 Å². The van der Waals surface area contributed by atoms with Crippen molar-refractivity contribution >= 4 is 5.57 Å². The fraction of sp³-hybridized carbons (Fsp3) is 0.227. The smallest absolute Gasteiger partial charge is 0.221 e. The third-order valence-electron chi connectivity index (χ3n) is 4.56. The Morgan fingerprint density at radius 3 is 2.68 bits per heavy atom. The largest absolute Gasteiger partial charge is 0.734 e. The van der Waals surface area contributed by atoms with Crippen molar-refractivity contribution in [2.24, 2.45) is 0 Å². The number of allylic oxidation sites excluding steroid dienone is 3. The summed E-state index contributed by atoms with van der Waals surface area (Å²) in [4.78, 5) is 3.86. The summed E-state index contributed by atoms with van der Waals surface area (Å²) in [7, 11) is 2.71. The van der Waals surface area contributed by atoms with E-state index in [9.17, 15) is 14.8 Å². The highest BCUT2D eigenvalue weighted by Gasteiger charge is 2.31. The van der Waals surface area contributed by atoms with Crippen LogP contribution >= 0.6 is 0 Å². The summed E-state index contributed by atoms with van der Waals surface area (Å²) in [6.45, 7) is 0.0304. The van der Waals surface area contributed by atoms with Crippen molar-refractivity contribution in [3.63, 3.8) is 0 Å². The lowest BCUT2D eigenvalue weighted by Crippen LogP contribution is -2.35. The Morgan fingerprint density at radius 2 is 2.03 bits per heavy atom. The molecular formula is C22H21F2N2O5-. The summed E-state index contributed by atoms with van der Waals surface area (Å²) >= 11 is 0. The van der Waals surface area contributed by atoms with Crippen LogP contribution in [0.4, 0.5) is 8.78 Å². The molecule has 1 aliphatic carbocycles. The number of nitrogens with zero attached hydrogens (tertiary/aromatic N) is 2. The quantitative estimate of drug-likeness (QED) is 0.496. The molecule has 2 atom stereocenters. The Hall–Kier alpha value is -3.27. The van der Waals surface area contributed by atoms with Crippen LogP contribution < -0.4 is 4.74 Å². The first kappa shape index (κ1) is 22.4.